The van der Waals surface area contributed by atoms with Gasteiger partial charge in [0, 0.05) is 35.0 Å². The van der Waals surface area contributed by atoms with Crippen molar-refractivity contribution in [3.8, 4) is 0 Å². The summed E-state index contributed by atoms with van der Waals surface area (Å²) >= 11 is 3.68. The molecule has 0 radical (unpaired) electrons. The Bertz CT molecular complexity index is 205. The van der Waals surface area contributed by atoms with E-state index < -0.39 is 12.6 Å². The van der Waals surface area contributed by atoms with E-state index in [4.69, 9.17) is 0 Å². The van der Waals surface area contributed by atoms with Gasteiger partial charge in [-0.15, -0.1) is 0 Å². The zero-order valence-corrected chi connectivity index (χ0v) is 11.7. The molecule has 0 aliphatic carbocycles. The van der Waals surface area contributed by atoms with Gasteiger partial charge in [-0.3, -0.25) is 0 Å². The molecule has 1 N–H and O–H groups in total. The van der Waals surface area contributed by atoms with Crippen LogP contribution >= 0.6 is 23.5 Å². The Morgan fingerprint density at radius 1 is 1.35 bits per heavy atom. The van der Waals surface area contributed by atoms with Crippen molar-refractivity contribution in [2.24, 2.45) is 0 Å². The predicted octanol–water partition coefficient (Wildman–Crippen LogP) is 3.55. The van der Waals surface area contributed by atoms with E-state index in [1.54, 1.807) is 0 Å². The van der Waals surface area contributed by atoms with E-state index in [0.29, 0.717) is 5.25 Å². The molecule has 1 nitrogen and oxygen atoms in total. The Labute approximate surface area is 110 Å². The molecule has 0 amide bonds. The van der Waals surface area contributed by atoms with Crippen LogP contribution in [0.15, 0.2) is 0 Å². The lowest BCUT2D eigenvalue weighted by molar-refractivity contribution is -0.136. The molecule has 0 bridgehead atoms. The largest absolute Gasteiger partial charge is 0.389 e. The molecule has 1 aliphatic heterocycles. The Morgan fingerprint density at radius 3 is 2.65 bits per heavy atom. The van der Waals surface area contributed by atoms with Gasteiger partial charge in [0.2, 0.25) is 0 Å². The van der Waals surface area contributed by atoms with Gasteiger partial charge in [-0.25, -0.2) is 0 Å². The summed E-state index contributed by atoms with van der Waals surface area (Å²) in [6, 6.07) is 0.00868. The fourth-order valence-corrected chi connectivity index (χ4v) is 4.74. The maximum absolute atomic E-state index is 12.3. The summed E-state index contributed by atoms with van der Waals surface area (Å²) in [7, 11) is 0. The van der Waals surface area contributed by atoms with Crippen LogP contribution in [0.2, 0.25) is 0 Å². The number of nitrogens with one attached hydrogen (secondary N) is 1. The molecular formula is C11H20F3NS2. The molecule has 1 rings (SSSR count). The lowest BCUT2D eigenvalue weighted by Gasteiger charge is -2.30. The van der Waals surface area contributed by atoms with Crippen LogP contribution in [0.5, 0.6) is 0 Å². The summed E-state index contributed by atoms with van der Waals surface area (Å²) in [5.41, 5.74) is 0. The molecule has 17 heavy (non-hydrogen) atoms. The van der Waals surface area contributed by atoms with E-state index in [9.17, 15) is 13.2 Å². The summed E-state index contributed by atoms with van der Waals surface area (Å²) in [6.07, 6.45) is -3.52. The molecule has 0 spiro atoms. The Morgan fingerprint density at radius 2 is 2.12 bits per heavy atom. The molecule has 2 atom stereocenters. The van der Waals surface area contributed by atoms with Gasteiger partial charge < -0.3 is 5.32 Å². The summed E-state index contributed by atoms with van der Waals surface area (Å²) in [6.45, 7) is 2.85. The van der Waals surface area contributed by atoms with E-state index in [2.05, 4.69) is 5.32 Å². The normalized spacial score (nSPS) is 23.6. The van der Waals surface area contributed by atoms with E-state index in [1.807, 2.05) is 30.4 Å². The van der Waals surface area contributed by atoms with Gasteiger partial charge in [0.1, 0.15) is 0 Å². The summed E-state index contributed by atoms with van der Waals surface area (Å²) < 4.78 is 36.8. The minimum Gasteiger partial charge on any atom is -0.313 e. The van der Waals surface area contributed by atoms with Gasteiger partial charge >= 0.3 is 6.18 Å². The topological polar surface area (TPSA) is 12.0 Å². The Kier molecular flexibility index (Phi) is 7.11. The standard InChI is InChI=1S/C11H20F3NS2/c1-2-5-15-9(3-4-11(12,13)14)10-8-16-6-7-17-10/h9-10,15H,2-8H2,1H3. The number of hydrogen-bond donors (Lipinski definition) is 1. The van der Waals surface area contributed by atoms with Gasteiger partial charge in [-0.2, -0.15) is 36.7 Å². The third kappa shape index (κ3) is 6.82. The number of thioether (sulfide) groups is 2. The van der Waals surface area contributed by atoms with Crippen LogP contribution in [0.1, 0.15) is 26.2 Å². The molecule has 1 aliphatic rings. The second kappa shape index (κ2) is 7.79. The van der Waals surface area contributed by atoms with Gasteiger partial charge in [0.15, 0.2) is 0 Å². The minimum atomic E-state index is -4.03. The number of alkyl halides is 3. The second-order valence-corrected chi connectivity index (χ2v) is 6.70. The molecule has 1 saturated heterocycles. The molecule has 102 valence electrons. The quantitative estimate of drug-likeness (QED) is 0.802. The van der Waals surface area contributed by atoms with Crippen LogP contribution < -0.4 is 5.32 Å². The van der Waals surface area contributed by atoms with Crippen LogP contribution in [-0.2, 0) is 0 Å². The highest BCUT2D eigenvalue weighted by Gasteiger charge is 2.31. The van der Waals surface area contributed by atoms with Crippen molar-refractivity contribution < 1.29 is 13.2 Å². The molecule has 6 heteroatoms. The minimum absolute atomic E-state index is 0.00868. The van der Waals surface area contributed by atoms with Gasteiger partial charge in [0.05, 0.1) is 0 Å². The van der Waals surface area contributed by atoms with Crippen molar-refractivity contribution in [2.75, 3.05) is 23.8 Å². The van der Waals surface area contributed by atoms with Crippen molar-refractivity contribution in [2.45, 2.75) is 43.7 Å². The lowest BCUT2D eigenvalue weighted by atomic mass is 10.1. The summed E-state index contributed by atoms with van der Waals surface area (Å²) in [5, 5.41) is 3.61. The predicted molar refractivity (Wildman–Crippen MR) is 70.9 cm³/mol. The van der Waals surface area contributed by atoms with Crippen molar-refractivity contribution in [1.82, 2.24) is 5.32 Å². The first-order valence-corrected chi connectivity index (χ1v) is 8.22. The lowest BCUT2D eigenvalue weighted by Crippen LogP contribution is -2.42. The highest BCUT2D eigenvalue weighted by atomic mass is 32.2. The van der Waals surface area contributed by atoms with Crippen molar-refractivity contribution in [1.29, 1.82) is 0 Å². The zero-order valence-electron chi connectivity index (χ0n) is 10.1. The fraction of sp³-hybridized carbons (Fsp3) is 1.00. The number of hydrogen-bond acceptors (Lipinski definition) is 3. The highest BCUT2D eigenvalue weighted by Crippen LogP contribution is 2.30. The van der Waals surface area contributed by atoms with Crippen LogP contribution in [0.3, 0.4) is 0 Å². The maximum Gasteiger partial charge on any atom is 0.389 e. The summed E-state index contributed by atoms with van der Waals surface area (Å²) in [4.78, 5) is 0. The third-order valence-electron chi connectivity index (χ3n) is 2.69. The molecule has 0 aromatic heterocycles. The summed E-state index contributed by atoms with van der Waals surface area (Å²) in [5.74, 6) is 3.16. The smallest absolute Gasteiger partial charge is 0.313 e. The molecule has 0 saturated carbocycles. The van der Waals surface area contributed by atoms with Crippen LogP contribution in [0.25, 0.3) is 0 Å². The van der Waals surface area contributed by atoms with E-state index >= 15 is 0 Å². The molecule has 2 unspecified atom stereocenters. The van der Waals surface area contributed by atoms with Crippen molar-refractivity contribution in [3.05, 3.63) is 0 Å². The average Bonchev–Trinajstić information content (AvgIpc) is 2.29. The first-order chi connectivity index (χ1) is 8.03. The second-order valence-electron chi connectivity index (χ2n) is 4.20. The SMILES string of the molecule is CCCNC(CCC(F)(F)F)C1CSCCS1. The van der Waals surface area contributed by atoms with Crippen molar-refractivity contribution in [3.63, 3.8) is 0 Å². The van der Waals surface area contributed by atoms with Gasteiger partial charge in [-0.1, -0.05) is 6.92 Å². The zero-order chi connectivity index (χ0) is 12.7. The highest BCUT2D eigenvalue weighted by molar-refractivity contribution is 8.06. The molecule has 1 fully saturated rings. The Hall–Kier alpha value is 0.450. The Balaban J connectivity index is 2.40. The molecule has 0 aromatic carbocycles. The van der Waals surface area contributed by atoms with E-state index in [-0.39, 0.29) is 12.5 Å². The van der Waals surface area contributed by atoms with Crippen LogP contribution in [-0.4, -0.2) is 41.3 Å². The number of rotatable bonds is 6. The molecule has 0 aromatic rings. The fourth-order valence-electron chi connectivity index (χ4n) is 1.81. The first kappa shape index (κ1) is 15.5. The maximum atomic E-state index is 12.3. The van der Waals surface area contributed by atoms with Crippen LogP contribution in [0, 0.1) is 0 Å². The van der Waals surface area contributed by atoms with E-state index in [0.717, 1.165) is 30.2 Å². The number of halogens is 3. The van der Waals surface area contributed by atoms with E-state index in [1.165, 1.54) is 0 Å². The van der Waals surface area contributed by atoms with Crippen molar-refractivity contribution >= 4 is 23.5 Å². The van der Waals surface area contributed by atoms with Gasteiger partial charge in [0.25, 0.3) is 0 Å². The molecule has 1 heterocycles. The first-order valence-electron chi connectivity index (χ1n) is 6.02. The third-order valence-corrected chi connectivity index (χ3v) is 5.61. The van der Waals surface area contributed by atoms with Gasteiger partial charge in [-0.05, 0) is 19.4 Å². The monoisotopic (exact) mass is 287 g/mol. The average molecular weight is 287 g/mol. The molecular weight excluding hydrogens is 267 g/mol. The van der Waals surface area contributed by atoms with Crippen LogP contribution in [0.4, 0.5) is 13.2 Å².